The summed E-state index contributed by atoms with van der Waals surface area (Å²) >= 11 is 5.47. The fraction of sp³-hybridized carbons (Fsp3) is 0.400. The second kappa shape index (κ2) is 5.75. The smallest absolute Gasteiger partial charge is 0.211 e. The Hall–Kier alpha value is -0.720. The minimum absolute atomic E-state index is 0.0898. The molecule has 17 heavy (non-hydrogen) atoms. The first kappa shape index (κ1) is 14.3. The highest BCUT2D eigenvalue weighted by Gasteiger charge is 2.22. The van der Waals surface area contributed by atoms with Crippen molar-refractivity contribution in [3.63, 3.8) is 0 Å². The van der Waals surface area contributed by atoms with Gasteiger partial charge in [-0.25, -0.2) is 21.9 Å². The van der Waals surface area contributed by atoms with Crippen LogP contribution in [0.25, 0.3) is 0 Å². The monoisotopic (exact) mass is 283 g/mol. The number of sulfonamides is 1. The molecule has 0 aliphatic rings. The van der Waals surface area contributed by atoms with Gasteiger partial charge in [0.2, 0.25) is 10.0 Å². The highest BCUT2D eigenvalue weighted by molar-refractivity contribution is 7.89. The van der Waals surface area contributed by atoms with E-state index in [0.29, 0.717) is 6.42 Å². The van der Waals surface area contributed by atoms with E-state index in [2.05, 4.69) is 4.72 Å². The number of hydrogen-bond acceptors (Lipinski definition) is 2. The summed E-state index contributed by atoms with van der Waals surface area (Å²) < 4.78 is 52.1. The minimum atomic E-state index is -4.03. The third-order valence-corrected chi connectivity index (χ3v) is 3.81. The molecule has 0 atom stereocenters. The molecule has 7 heteroatoms. The number of rotatable bonds is 5. The lowest BCUT2D eigenvalue weighted by Crippen LogP contribution is -2.25. The van der Waals surface area contributed by atoms with Crippen LogP contribution in [-0.4, -0.2) is 15.0 Å². The molecular weight excluding hydrogens is 272 g/mol. The molecule has 0 unspecified atom stereocenters. The molecule has 0 spiro atoms. The molecule has 1 rings (SSSR count). The first-order valence-corrected chi connectivity index (χ1v) is 6.97. The van der Waals surface area contributed by atoms with Crippen molar-refractivity contribution in [3.05, 3.63) is 29.3 Å². The summed E-state index contributed by atoms with van der Waals surface area (Å²) in [5.74, 6) is -2.70. The zero-order valence-corrected chi connectivity index (χ0v) is 10.7. The van der Waals surface area contributed by atoms with Gasteiger partial charge in [-0.05, 0) is 24.1 Å². The van der Waals surface area contributed by atoms with Gasteiger partial charge in [-0.2, -0.15) is 0 Å². The lowest BCUT2D eigenvalue weighted by atomic mass is 10.2. The molecule has 0 bridgehead atoms. The molecule has 0 aliphatic heterocycles. The van der Waals surface area contributed by atoms with Gasteiger partial charge in [0.25, 0.3) is 0 Å². The van der Waals surface area contributed by atoms with Crippen molar-refractivity contribution in [2.24, 2.45) is 0 Å². The summed E-state index contributed by atoms with van der Waals surface area (Å²) in [6.45, 7) is 1.92. The molecule has 1 N–H and O–H groups in total. The molecule has 96 valence electrons. The van der Waals surface area contributed by atoms with E-state index in [0.717, 1.165) is 12.1 Å². The predicted octanol–water partition coefficient (Wildman–Crippen LogP) is 2.39. The van der Waals surface area contributed by atoms with Crippen molar-refractivity contribution in [2.45, 2.75) is 24.1 Å². The molecule has 0 amide bonds. The van der Waals surface area contributed by atoms with E-state index in [-0.39, 0.29) is 18.0 Å². The molecule has 0 aromatic heterocycles. The Bertz CT molecular complexity index is 505. The molecular formula is C10H12ClF2NO2S. The van der Waals surface area contributed by atoms with Crippen molar-refractivity contribution < 1.29 is 17.2 Å². The van der Waals surface area contributed by atoms with Crippen molar-refractivity contribution in [3.8, 4) is 0 Å². The average Bonchev–Trinajstić information content (AvgIpc) is 2.29. The highest BCUT2D eigenvalue weighted by Crippen LogP contribution is 2.20. The molecule has 0 fully saturated rings. The van der Waals surface area contributed by atoms with E-state index < -0.39 is 26.6 Å². The summed E-state index contributed by atoms with van der Waals surface area (Å²) in [5.41, 5.74) is 0.211. The highest BCUT2D eigenvalue weighted by atomic mass is 35.5. The fourth-order valence-corrected chi connectivity index (χ4v) is 2.63. The van der Waals surface area contributed by atoms with Crippen LogP contribution in [-0.2, 0) is 15.9 Å². The van der Waals surface area contributed by atoms with Gasteiger partial charge in [-0.1, -0.05) is 6.92 Å². The van der Waals surface area contributed by atoms with E-state index in [4.69, 9.17) is 11.6 Å². The van der Waals surface area contributed by atoms with Crippen molar-refractivity contribution in [2.75, 3.05) is 6.54 Å². The Labute approximate surface area is 104 Å². The van der Waals surface area contributed by atoms with Gasteiger partial charge >= 0.3 is 0 Å². The summed E-state index contributed by atoms with van der Waals surface area (Å²) in [7, 11) is -4.03. The van der Waals surface area contributed by atoms with Crippen LogP contribution in [0, 0.1) is 11.6 Å². The maximum absolute atomic E-state index is 13.4. The standard InChI is InChI=1S/C10H12ClF2NO2S/c1-2-3-14-17(15,16)9-5-7(6-11)4-8(12)10(9)13/h4-5,14H,2-3,6H2,1H3. The Morgan fingerprint density at radius 2 is 2.00 bits per heavy atom. The van der Waals surface area contributed by atoms with Gasteiger partial charge in [0.15, 0.2) is 11.6 Å². The van der Waals surface area contributed by atoms with E-state index in [1.807, 2.05) is 0 Å². The minimum Gasteiger partial charge on any atom is -0.211 e. The molecule has 3 nitrogen and oxygen atoms in total. The summed E-state index contributed by atoms with van der Waals surface area (Å²) in [6, 6.07) is 1.91. The van der Waals surface area contributed by atoms with Crippen LogP contribution in [0.4, 0.5) is 8.78 Å². The first-order valence-electron chi connectivity index (χ1n) is 4.96. The normalized spacial score (nSPS) is 11.8. The predicted molar refractivity (Wildman–Crippen MR) is 61.4 cm³/mol. The number of alkyl halides is 1. The van der Waals surface area contributed by atoms with Crippen LogP contribution in [0.5, 0.6) is 0 Å². The number of halogens is 3. The Morgan fingerprint density at radius 3 is 2.53 bits per heavy atom. The van der Waals surface area contributed by atoms with Gasteiger partial charge in [-0.3, -0.25) is 0 Å². The fourth-order valence-electron chi connectivity index (χ4n) is 1.20. The quantitative estimate of drug-likeness (QED) is 0.844. The molecule has 0 radical (unpaired) electrons. The van der Waals surface area contributed by atoms with Gasteiger partial charge in [0, 0.05) is 12.4 Å². The summed E-state index contributed by atoms with van der Waals surface area (Å²) in [4.78, 5) is -0.707. The third-order valence-electron chi connectivity index (χ3n) is 2.04. The molecule has 0 aliphatic carbocycles. The Balaban J connectivity index is 3.25. The van der Waals surface area contributed by atoms with E-state index in [9.17, 15) is 17.2 Å². The Kier molecular flexibility index (Phi) is 4.85. The van der Waals surface area contributed by atoms with Crippen LogP contribution in [0.2, 0.25) is 0 Å². The van der Waals surface area contributed by atoms with Crippen molar-refractivity contribution >= 4 is 21.6 Å². The number of benzene rings is 1. The molecule has 1 aromatic rings. The largest absolute Gasteiger partial charge is 0.243 e. The molecule has 0 saturated carbocycles. The maximum Gasteiger partial charge on any atom is 0.243 e. The van der Waals surface area contributed by atoms with E-state index in [1.165, 1.54) is 0 Å². The Morgan fingerprint density at radius 1 is 1.35 bits per heavy atom. The first-order chi connectivity index (χ1) is 7.92. The van der Waals surface area contributed by atoms with Crippen LogP contribution >= 0.6 is 11.6 Å². The molecule has 0 heterocycles. The van der Waals surface area contributed by atoms with Gasteiger partial charge < -0.3 is 0 Å². The lowest BCUT2D eigenvalue weighted by molar-refractivity contribution is 0.482. The van der Waals surface area contributed by atoms with Crippen LogP contribution in [0.15, 0.2) is 17.0 Å². The second-order valence-electron chi connectivity index (χ2n) is 3.42. The summed E-state index contributed by atoms with van der Waals surface area (Å²) in [6.07, 6.45) is 0.554. The van der Waals surface area contributed by atoms with E-state index >= 15 is 0 Å². The van der Waals surface area contributed by atoms with Gasteiger partial charge in [-0.15, -0.1) is 11.6 Å². The van der Waals surface area contributed by atoms with E-state index in [1.54, 1.807) is 6.92 Å². The SMILES string of the molecule is CCCNS(=O)(=O)c1cc(CCl)cc(F)c1F. The number of nitrogens with one attached hydrogen (secondary N) is 1. The van der Waals surface area contributed by atoms with Crippen molar-refractivity contribution in [1.29, 1.82) is 0 Å². The topological polar surface area (TPSA) is 46.2 Å². The number of hydrogen-bond donors (Lipinski definition) is 1. The van der Waals surface area contributed by atoms with Crippen LogP contribution in [0.3, 0.4) is 0 Å². The van der Waals surface area contributed by atoms with Gasteiger partial charge in [0.05, 0.1) is 0 Å². The molecule has 0 saturated heterocycles. The third kappa shape index (κ3) is 3.37. The average molecular weight is 284 g/mol. The van der Waals surface area contributed by atoms with Crippen LogP contribution < -0.4 is 4.72 Å². The zero-order chi connectivity index (χ0) is 13.1. The summed E-state index contributed by atoms with van der Waals surface area (Å²) in [5, 5.41) is 0. The second-order valence-corrected chi connectivity index (χ2v) is 5.42. The maximum atomic E-state index is 13.4. The van der Waals surface area contributed by atoms with Crippen LogP contribution in [0.1, 0.15) is 18.9 Å². The zero-order valence-electron chi connectivity index (χ0n) is 9.13. The molecule has 1 aromatic carbocycles. The van der Waals surface area contributed by atoms with Gasteiger partial charge in [0.1, 0.15) is 4.90 Å². The lowest BCUT2D eigenvalue weighted by Gasteiger charge is -2.08. The van der Waals surface area contributed by atoms with Crippen molar-refractivity contribution in [1.82, 2.24) is 4.72 Å².